The zero-order chi connectivity index (χ0) is 25.6. The van der Waals surface area contributed by atoms with E-state index in [1.807, 2.05) is 24.3 Å². The molecule has 1 aliphatic carbocycles. The standard InChI is InChI=1S/C30H33ClN4O2/c1-2-3-7-21-10-14-24(15-11-21)35-33-28-18-26(31)27(19-29(28)34-35)32-30(36)20-37-25-16-12-23(13-17-25)22-8-5-4-6-9-22/h10-19,22H,2-9,20H2,1H3,(H,32,36). The minimum absolute atomic E-state index is 0.103. The number of carbonyl (C=O) groups excluding carboxylic acids is 1. The number of hydrogen-bond acceptors (Lipinski definition) is 4. The van der Waals surface area contributed by atoms with E-state index in [1.54, 1.807) is 16.9 Å². The quantitative estimate of drug-likeness (QED) is 0.250. The van der Waals surface area contributed by atoms with Crippen LogP contribution in [0.25, 0.3) is 16.7 Å². The summed E-state index contributed by atoms with van der Waals surface area (Å²) in [7, 11) is 0. The first kappa shape index (κ1) is 25.3. The molecule has 0 spiro atoms. The van der Waals surface area contributed by atoms with Crippen LogP contribution >= 0.6 is 11.6 Å². The van der Waals surface area contributed by atoms with Crippen molar-refractivity contribution in [2.75, 3.05) is 11.9 Å². The molecule has 1 saturated carbocycles. The first-order chi connectivity index (χ1) is 18.1. The van der Waals surface area contributed by atoms with E-state index in [0.717, 1.165) is 12.1 Å². The molecule has 5 rings (SSSR count). The van der Waals surface area contributed by atoms with Gasteiger partial charge >= 0.3 is 0 Å². The van der Waals surface area contributed by atoms with E-state index in [9.17, 15) is 4.79 Å². The van der Waals surface area contributed by atoms with Crippen LogP contribution in [-0.2, 0) is 11.2 Å². The Labute approximate surface area is 223 Å². The SMILES string of the molecule is CCCCc1ccc(-n2nc3cc(Cl)c(NC(=O)COc4ccc(C5CCCCC5)cc4)cc3n2)cc1. The molecule has 6 nitrogen and oxygen atoms in total. The van der Waals surface area contributed by atoms with Gasteiger partial charge in [0.05, 0.1) is 16.4 Å². The molecule has 4 aromatic rings. The third kappa shape index (κ3) is 6.31. The van der Waals surface area contributed by atoms with Crippen molar-refractivity contribution in [2.45, 2.75) is 64.2 Å². The molecule has 7 heteroatoms. The van der Waals surface area contributed by atoms with Gasteiger partial charge in [-0.1, -0.05) is 68.5 Å². The number of halogens is 1. The van der Waals surface area contributed by atoms with Gasteiger partial charge in [0.25, 0.3) is 5.91 Å². The van der Waals surface area contributed by atoms with Crippen molar-refractivity contribution in [3.8, 4) is 11.4 Å². The van der Waals surface area contributed by atoms with Crippen molar-refractivity contribution in [3.63, 3.8) is 0 Å². The number of carbonyl (C=O) groups is 1. The van der Waals surface area contributed by atoms with E-state index < -0.39 is 0 Å². The highest BCUT2D eigenvalue weighted by Gasteiger charge is 2.16. The molecular weight excluding hydrogens is 484 g/mol. The maximum atomic E-state index is 12.6. The highest BCUT2D eigenvalue weighted by atomic mass is 35.5. The summed E-state index contributed by atoms with van der Waals surface area (Å²) in [6.45, 7) is 2.09. The van der Waals surface area contributed by atoms with E-state index in [2.05, 4.69) is 46.7 Å². The van der Waals surface area contributed by atoms with Crippen LogP contribution in [-0.4, -0.2) is 27.5 Å². The number of anilines is 1. The summed E-state index contributed by atoms with van der Waals surface area (Å²) in [6, 6.07) is 19.9. The van der Waals surface area contributed by atoms with Crippen molar-refractivity contribution < 1.29 is 9.53 Å². The van der Waals surface area contributed by atoms with E-state index >= 15 is 0 Å². The Balaban J connectivity index is 1.20. The normalized spacial score (nSPS) is 14.1. The highest BCUT2D eigenvalue weighted by molar-refractivity contribution is 6.34. The first-order valence-electron chi connectivity index (χ1n) is 13.3. The molecule has 0 aliphatic heterocycles. The van der Waals surface area contributed by atoms with E-state index in [0.29, 0.717) is 33.4 Å². The van der Waals surface area contributed by atoms with Gasteiger partial charge < -0.3 is 10.1 Å². The van der Waals surface area contributed by atoms with Crippen LogP contribution in [0.15, 0.2) is 60.7 Å². The number of ether oxygens (including phenoxy) is 1. The number of amides is 1. The predicted octanol–water partition coefficient (Wildman–Crippen LogP) is 7.48. The Morgan fingerprint density at radius 1 is 1.00 bits per heavy atom. The third-order valence-corrected chi connectivity index (χ3v) is 7.37. The summed E-state index contributed by atoms with van der Waals surface area (Å²) >= 11 is 6.45. The average molecular weight is 517 g/mol. The zero-order valence-electron chi connectivity index (χ0n) is 21.3. The molecule has 1 amide bonds. The molecule has 0 radical (unpaired) electrons. The second-order valence-electron chi connectivity index (χ2n) is 9.82. The topological polar surface area (TPSA) is 69.0 Å². The van der Waals surface area contributed by atoms with Gasteiger partial charge in [0.15, 0.2) is 6.61 Å². The summed E-state index contributed by atoms with van der Waals surface area (Å²) in [5, 5.41) is 12.4. The highest BCUT2D eigenvalue weighted by Crippen LogP contribution is 2.33. The van der Waals surface area contributed by atoms with Gasteiger partial charge in [-0.25, -0.2) is 0 Å². The second kappa shape index (κ2) is 11.8. The van der Waals surface area contributed by atoms with Crippen molar-refractivity contribution in [3.05, 3.63) is 76.8 Å². The van der Waals surface area contributed by atoms with Gasteiger partial charge in [0, 0.05) is 0 Å². The van der Waals surface area contributed by atoms with E-state index in [4.69, 9.17) is 16.3 Å². The molecule has 37 heavy (non-hydrogen) atoms. The van der Waals surface area contributed by atoms with Crippen LogP contribution in [0.1, 0.15) is 68.9 Å². The molecule has 1 aromatic heterocycles. The zero-order valence-corrected chi connectivity index (χ0v) is 22.0. The van der Waals surface area contributed by atoms with Crippen molar-refractivity contribution >= 4 is 34.2 Å². The van der Waals surface area contributed by atoms with Crippen molar-refractivity contribution in [1.29, 1.82) is 0 Å². The molecule has 192 valence electrons. The number of hydrogen-bond donors (Lipinski definition) is 1. The maximum absolute atomic E-state index is 12.6. The molecule has 0 bridgehead atoms. The summed E-state index contributed by atoms with van der Waals surface area (Å²) in [6.07, 6.45) is 9.88. The summed E-state index contributed by atoms with van der Waals surface area (Å²) in [5.74, 6) is 1.04. The predicted molar refractivity (Wildman–Crippen MR) is 149 cm³/mol. The number of nitrogens with zero attached hydrogens (tertiary/aromatic N) is 3. The summed E-state index contributed by atoms with van der Waals surface area (Å²) in [4.78, 5) is 14.2. The fraction of sp³-hybridized carbons (Fsp3) is 0.367. The van der Waals surface area contributed by atoms with Crippen LogP contribution in [0.2, 0.25) is 5.02 Å². The Hall–Kier alpha value is -3.38. The van der Waals surface area contributed by atoms with Gasteiger partial charge in [-0.05, 0) is 79.1 Å². The number of unbranched alkanes of at least 4 members (excludes halogenated alkanes) is 1. The largest absolute Gasteiger partial charge is 0.484 e. The van der Waals surface area contributed by atoms with Crippen LogP contribution in [0.3, 0.4) is 0 Å². The number of rotatable bonds is 9. The molecule has 1 aliphatic rings. The number of benzene rings is 3. The first-order valence-corrected chi connectivity index (χ1v) is 13.7. The Morgan fingerprint density at radius 2 is 1.70 bits per heavy atom. The minimum atomic E-state index is -0.285. The lowest BCUT2D eigenvalue weighted by Crippen LogP contribution is -2.20. The molecule has 3 aromatic carbocycles. The number of aryl methyl sites for hydroxylation is 1. The lowest BCUT2D eigenvalue weighted by molar-refractivity contribution is -0.118. The van der Waals surface area contributed by atoms with Gasteiger partial charge in [-0.2, -0.15) is 4.80 Å². The second-order valence-corrected chi connectivity index (χ2v) is 10.2. The number of aromatic nitrogens is 3. The lowest BCUT2D eigenvalue weighted by Gasteiger charge is -2.22. The van der Waals surface area contributed by atoms with Gasteiger partial charge in [0.2, 0.25) is 0 Å². The van der Waals surface area contributed by atoms with Crippen LogP contribution < -0.4 is 10.1 Å². The molecule has 0 unspecified atom stereocenters. The van der Waals surface area contributed by atoms with E-state index in [-0.39, 0.29) is 12.5 Å². The minimum Gasteiger partial charge on any atom is -0.484 e. The summed E-state index contributed by atoms with van der Waals surface area (Å²) < 4.78 is 5.72. The van der Waals surface area contributed by atoms with Crippen LogP contribution in [0.4, 0.5) is 5.69 Å². The smallest absolute Gasteiger partial charge is 0.262 e. The molecule has 1 fully saturated rings. The van der Waals surface area contributed by atoms with Crippen LogP contribution in [0, 0.1) is 0 Å². The Morgan fingerprint density at radius 3 is 2.41 bits per heavy atom. The average Bonchev–Trinajstić information content (AvgIpc) is 3.34. The third-order valence-electron chi connectivity index (χ3n) is 7.06. The van der Waals surface area contributed by atoms with Gasteiger partial charge in [-0.15, -0.1) is 10.2 Å². The molecule has 0 saturated heterocycles. The summed E-state index contributed by atoms with van der Waals surface area (Å²) in [5.41, 5.74) is 5.33. The van der Waals surface area contributed by atoms with Crippen LogP contribution in [0.5, 0.6) is 5.75 Å². The lowest BCUT2D eigenvalue weighted by atomic mass is 9.84. The maximum Gasteiger partial charge on any atom is 0.262 e. The van der Waals surface area contributed by atoms with Crippen molar-refractivity contribution in [1.82, 2.24) is 15.0 Å². The fourth-order valence-electron chi connectivity index (χ4n) is 4.93. The van der Waals surface area contributed by atoms with Gasteiger partial charge in [-0.3, -0.25) is 4.79 Å². The number of nitrogens with one attached hydrogen (secondary N) is 1. The molecular formula is C30H33ClN4O2. The van der Waals surface area contributed by atoms with Crippen molar-refractivity contribution in [2.24, 2.45) is 0 Å². The fourth-order valence-corrected chi connectivity index (χ4v) is 5.14. The molecule has 0 atom stereocenters. The Bertz CT molecular complexity index is 1340. The molecule has 1 heterocycles. The number of fused-ring (bicyclic) bond motifs is 1. The monoisotopic (exact) mass is 516 g/mol. The molecule has 1 N–H and O–H groups in total. The van der Waals surface area contributed by atoms with E-state index in [1.165, 1.54) is 56.1 Å². The van der Waals surface area contributed by atoms with Gasteiger partial charge in [0.1, 0.15) is 16.8 Å². The Kier molecular flexibility index (Phi) is 8.05.